The van der Waals surface area contributed by atoms with Gasteiger partial charge in [-0.25, -0.2) is 4.79 Å². The Morgan fingerprint density at radius 1 is 1.14 bits per heavy atom. The predicted molar refractivity (Wildman–Crippen MR) is 78.6 cm³/mol. The first-order valence-corrected chi connectivity index (χ1v) is 6.43. The van der Waals surface area contributed by atoms with E-state index in [9.17, 15) is 15.0 Å². The van der Waals surface area contributed by atoms with Gasteiger partial charge in [0.05, 0.1) is 5.52 Å². The minimum atomic E-state index is -0.492. The van der Waals surface area contributed by atoms with Crippen LogP contribution >= 0.6 is 0 Å². The zero-order valence-electron chi connectivity index (χ0n) is 11.3. The van der Waals surface area contributed by atoms with E-state index in [1.54, 1.807) is 30.3 Å². The van der Waals surface area contributed by atoms with Gasteiger partial charge in [-0.05, 0) is 42.8 Å². The molecular weight excluding hydrogens is 272 g/mol. The lowest BCUT2D eigenvalue weighted by Crippen LogP contribution is -2.06. The summed E-state index contributed by atoms with van der Waals surface area (Å²) in [6, 6.07) is 9.54. The summed E-state index contributed by atoms with van der Waals surface area (Å²) in [7, 11) is 0. The number of hydrogen-bond donors (Lipinski definition) is 4. The van der Waals surface area contributed by atoms with Gasteiger partial charge in [-0.15, -0.1) is 0 Å². The number of nitrogens with one attached hydrogen (secondary N) is 2. The van der Waals surface area contributed by atoms with Crippen molar-refractivity contribution in [3.8, 4) is 11.5 Å². The number of phenols is 2. The van der Waals surface area contributed by atoms with Crippen LogP contribution in [-0.4, -0.2) is 15.2 Å². The third kappa shape index (κ3) is 2.69. The van der Waals surface area contributed by atoms with E-state index in [0.29, 0.717) is 11.1 Å². The summed E-state index contributed by atoms with van der Waals surface area (Å²) in [5, 5.41) is 22.3. The largest absolute Gasteiger partial charge is 0.508 e. The second-order valence-corrected chi connectivity index (χ2v) is 4.87. The molecule has 1 aromatic heterocycles. The van der Waals surface area contributed by atoms with Crippen LogP contribution in [0.2, 0.25) is 0 Å². The highest BCUT2D eigenvalue weighted by molar-refractivity contribution is 5.76. The first kappa shape index (κ1) is 13.1. The van der Waals surface area contributed by atoms with Gasteiger partial charge in [-0.2, -0.15) is 0 Å². The van der Waals surface area contributed by atoms with Crippen molar-refractivity contribution >= 4 is 16.8 Å². The molecule has 1 unspecified atom stereocenters. The van der Waals surface area contributed by atoms with Gasteiger partial charge < -0.3 is 19.9 Å². The summed E-state index contributed by atoms with van der Waals surface area (Å²) < 4.78 is 4.94. The van der Waals surface area contributed by atoms with Crippen molar-refractivity contribution < 1.29 is 14.6 Å². The van der Waals surface area contributed by atoms with Gasteiger partial charge in [0.1, 0.15) is 11.5 Å². The number of aromatic hydroxyl groups is 2. The molecule has 4 N–H and O–H groups in total. The molecule has 0 saturated carbocycles. The Morgan fingerprint density at radius 2 is 1.86 bits per heavy atom. The van der Waals surface area contributed by atoms with Gasteiger partial charge >= 0.3 is 5.76 Å². The van der Waals surface area contributed by atoms with Crippen LogP contribution in [0.3, 0.4) is 0 Å². The minimum Gasteiger partial charge on any atom is -0.508 e. The molecule has 3 rings (SSSR count). The Labute approximate surface area is 119 Å². The van der Waals surface area contributed by atoms with Gasteiger partial charge in [-0.1, -0.05) is 0 Å². The number of phenolic OH excluding ortho intramolecular Hbond substituents is 2. The van der Waals surface area contributed by atoms with Crippen LogP contribution in [0.1, 0.15) is 18.5 Å². The van der Waals surface area contributed by atoms with E-state index in [1.807, 2.05) is 6.92 Å². The van der Waals surface area contributed by atoms with Crippen LogP contribution in [0.4, 0.5) is 5.69 Å². The predicted octanol–water partition coefficient (Wildman–Crippen LogP) is 2.71. The fraction of sp³-hybridized carbons (Fsp3) is 0.133. The summed E-state index contributed by atoms with van der Waals surface area (Å²) in [5.41, 5.74) is 2.63. The molecule has 0 radical (unpaired) electrons. The van der Waals surface area contributed by atoms with E-state index < -0.39 is 5.76 Å². The average molecular weight is 286 g/mol. The molecule has 6 heteroatoms. The molecule has 0 amide bonds. The van der Waals surface area contributed by atoms with Crippen LogP contribution in [0.25, 0.3) is 11.1 Å². The monoisotopic (exact) mass is 286 g/mol. The molecule has 21 heavy (non-hydrogen) atoms. The molecule has 1 heterocycles. The van der Waals surface area contributed by atoms with Crippen LogP contribution in [-0.2, 0) is 0 Å². The summed E-state index contributed by atoms with van der Waals surface area (Å²) in [4.78, 5) is 13.7. The van der Waals surface area contributed by atoms with E-state index in [4.69, 9.17) is 4.42 Å². The van der Waals surface area contributed by atoms with Crippen LogP contribution in [0.15, 0.2) is 45.6 Å². The minimum absolute atomic E-state index is 0.00765. The second kappa shape index (κ2) is 4.90. The molecular formula is C15H14N2O4. The Balaban J connectivity index is 1.88. The topological polar surface area (TPSA) is 98.5 Å². The number of aromatic nitrogens is 1. The van der Waals surface area contributed by atoms with Crippen molar-refractivity contribution in [1.82, 2.24) is 4.98 Å². The fourth-order valence-electron chi connectivity index (χ4n) is 2.24. The van der Waals surface area contributed by atoms with Gasteiger partial charge in [0, 0.05) is 17.8 Å². The molecule has 0 bridgehead atoms. The third-order valence-corrected chi connectivity index (χ3v) is 3.23. The lowest BCUT2D eigenvalue weighted by Gasteiger charge is -2.16. The molecule has 6 nitrogen and oxygen atoms in total. The molecule has 3 aromatic rings. The smallest absolute Gasteiger partial charge is 0.417 e. The van der Waals surface area contributed by atoms with Crippen molar-refractivity contribution in [3.63, 3.8) is 0 Å². The summed E-state index contributed by atoms with van der Waals surface area (Å²) >= 11 is 0. The van der Waals surface area contributed by atoms with Crippen molar-refractivity contribution in [2.75, 3.05) is 5.32 Å². The van der Waals surface area contributed by atoms with E-state index in [2.05, 4.69) is 10.3 Å². The molecule has 108 valence electrons. The normalized spacial score (nSPS) is 12.4. The van der Waals surface area contributed by atoms with E-state index in [-0.39, 0.29) is 17.5 Å². The Hall–Kier alpha value is -2.89. The lowest BCUT2D eigenvalue weighted by atomic mass is 10.1. The van der Waals surface area contributed by atoms with Crippen molar-refractivity contribution in [2.45, 2.75) is 13.0 Å². The number of rotatable bonds is 3. The van der Waals surface area contributed by atoms with E-state index >= 15 is 0 Å². The van der Waals surface area contributed by atoms with Gasteiger partial charge in [0.25, 0.3) is 0 Å². The standard InChI is InChI=1S/C15H14N2O4/c1-8(9-4-11(18)7-12(19)5-9)16-10-2-3-14-13(6-10)17-15(20)21-14/h2-8,16,18-19H,1H3,(H,17,20). The fourth-order valence-corrected chi connectivity index (χ4v) is 2.24. The van der Waals surface area contributed by atoms with Crippen LogP contribution in [0, 0.1) is 0 Å². The second-order valence-electron chi connectivity index (χ2n) is 4.87. The van der Waals surface area contributed by atoms with Gasteiger partial charge in [-0.3, -0.25) is 4.98 Å². The molecule has 2 aromatic carbocycles. The molecule has 0 saturated heterocycles. The third-order valence-electron chi connectivity index (χ3n) is 3.23. The zero-order chi connectivity index (χ0) is 15.0. The number of anilines is 1. The van der Waals surface area contributed by atoms with E-state index in [0.717, 1.165) is 11.3 Å². The molecule has 1 atom stereocenters. The summed E-state index contributed by atoms with van der Waals surface area (Å²) in [6.07, 6.45) is 0. The Morgan fingerprint density at radius 3 is 2.57 bits per heavy atom. The number of fused-ring (bicyclic) bond motifs is 1. The van der Waals surface area contributed by atoms with Crippen LogP contribution in [0.5, 0.6) is 11.5 Å². The maximum atomic E-state index is 11.1. The summed E-state index contributed by atoms with van der Waals surface area (Å²) in [5.74, 6) is -0.477. The molecule has 0 aliphatic heterocycles. The first-order valence-electron chi connectivity index (χ1n) is 6.43. The highest BCUT2D eigenvalue weighted by atomic mass is 16.4. The number of H-pyrrole nitrogens is 1. The average Bonchev–Trinajstić information content (AvgIpc) is 2.77. The first-order chi connectivity index (χ1) is 10.0. The Bertz CT molecular complexity index is 830. The maximum absolute atomic E-state index is 11.1. The molecule has 0 fully saturated rings. The lowest BCUT2D eigenvalue weighted by molar-refractivity contribution is 0.448. The summed E-state index contributed by atoms with van der Waals surface area (Å²) in [6.45, 7) is 1.90. The van der Waals surface area contributed by atoms with Crippen LogP contribution < -0.4 is 11.1 Å². The highest BCUT2D eigenvalue weighted by Gasteiger charge is 2.09. The quantitative estimate of drug-likeness (QED) is 0.593. The van der Waals surface area contributed by atoms with Crippen molar-refractivity contribution in [2.24, 2.45) is 0 Å². The van der Waals surface area contributed by atoms with Crippen molar-refractivity contribution in [3.05, 3.63) is 52.5 Å². The van der Waals surface area contributed by atoms with E-state index in [1.165, 1.54) is 6.07 Å². The SMILES string of the molecule is CC(Nc1ccc2oc(=O)[nH]c2c1)c1cc(O)cc(O)c1. The number of oxazole rings is 1. The molecule has 0 spiro atoms. The van der Waals surface area contributed by atoms with Gasteiger partial charge in [0.2, 0.25) is 0 Å². The number of hydrogen-bond acceptors (Lipinski definition) is 5. The van der Waals surface area contributed by atoms with Gasteiger partial charge in [0.15, 0.2) is 5.58 Å². The molecule has 0 aliphatic carbocycles. The Kier molecular flexibility index (Phi) is 3.06. The number of benzene rings is 2. The number of aromatic amines is 1. The molecule has 0 aliphatic rings. The van der Waals surface area contributed by atoms with Crippen molar-refractivity contribution in [1.29, 1.82) is 0 Å². The highest BCUT2D eigenvalue weighted by Crippen LogP contribution is 2.27. The maximum Gasteiger partial charge on any atom is 0.417 e. The zero-order valence-corrected chi connectivity index (χ0v) is 11.3.